The molecule has 33 heavy (non-hydrogen) atoms. The van der Waals surface area contributed by atoms with E-state index < -0.39 is 11.7 Å². The zero-order valence-corrected chi connectivity index (χ0v) is 18.5. The minimum atomic E-state index is -4.62. The third-order valence-electron chi connectivity index (χ3n) is 5.29. The molecule has 1 aromatic heterocycles. The fourth-order valence-electron chi connectivity index (χ4n) is 3.45. The lowest BCUT2D eigenvalue weighted by Crippen LogP contribution is -2.43. The van der Waals surface area contributed by atoms with Gasteiger partial charge >= 0.3 is 6.18 Å². The molecule has 180 valence electrons. The monoisotopic (exact) mass is 467 g/mol. The second kappa shape index (κ2) is 10.7. The quantitative estimate of drug-likeness (QED) is 0.468. The van der Waals surface area contributed by atoms with Crippen LogP contribution in [0, 0.1) is 0 Å². The van der Waals surface area contributed by atoms with Gasteiger partial charge in [0.05, 0.1) is 12.8 Å². The molecular formula is C21H28F3N7O2. The molecule has 1 fully saturated rings. The molecule has 0 aliphatic carbocycles. The van der Waals surface area contributed by atoms with Crippen LogP contribution in [0.3, 0.4) is 0 Å². The molecule has 12 heteroatoms. The van der Waals surface area contributed by atoms with E-state index >= 15 is 0 Å². The molecule has 9 nitrogen and oxygen atoms in total. The smallest absolute Gasteiger partial charge is 0.421 e. The van der Waals surface area contributed by atoms with Gasteiger partial charge in [0.1, 0.15) is 17.1 Å². The van der Waals surface area contributed by atoms with Crippen LogP contribution in [0.25, 0.3) is 0 Å². The lowest BCUT2D eigenvalue weighted by Gasteiger charge is -2.29. The summed E-state index contributed by atoms with van der Waals surface area (Å²) in [4.78, 5) is 22.6. The maximum atomic E-state index is 13.2. The first-order valence-electron chi connectivity index (χ1n) is 10.5. The number of aromatic nitrogens is 2. The largest absolute Gasteiger partial charge is 0.495 e. The Labute approximate surface area is 189 Å². The van der Waals surface area contributed by atoms with Crippen molar-refractivity contribution >= 4 is 23.4 Å². The number of rotatable bonds is 8. The van der Waals surface area contributed by atoms with E-state index in [0.29, 0.717) is 23.2 Å². The van der Waals surface area contributed by atoms with Crippen molar-refractivity contribution in [1.82, 2.24) is 20.2 Å². The van der Waals surface area contributed by atoms with Crippen LogP contribution in [0.4, 0.5) is 30.6 Å². The van der Waals surface area contributed by atoms with E-state index in [2.05, 4.69) is 30.8 Å². The van der Waals surface area contributed by atoms with Crippen molar-refractivity contribution in [1.29, 1.82) is 0 Å². The number of ether oxygens (including phenoxy) is 1. The maximum Gasteiger partial charge on any atom is 0.421 e. The van der Waals surface area contributed by atoms with Gasteiger partial charge in [-0.25, -0.2) is 4.98 Å². The first-order chi connectivity index (χ1) is 15.7. The van der Waals surface area contributed by atoms with Crippen LogP contribution >= 0.6 is 0 Å². The summed E-state index contributed by atoms with van der Waals surface area (Å²) in [6, 6.07) is 4.87. The molecule has 0 unspecified atom stereocenters. The summed E-state index contributed by atoms with van der Waals surface area (Å²) in [5, 5.41) is 8.45. The van der Waals surface area contributed by atoms with Crippen molar-refractivity contribution < 1.29 is 22.7 Å². The SMILES string of the molecule is COc1cc(C(=O)NC2CCN(C)CC2)ccc1Nc1ncc(C(F)(F)F)c(NCCN)n1. The van der Waals surface area contributed by atoms with E-state index in [9.17, 15) is 18.0 Å². The first kappa shape index (κ1) is 24.5. The average molecular weight is 467 g/mol. The molecule has 0 atom stereocenters. The Kier molecular flexibility index (Phi) is 7.92. The molecule has 5 N–H and O–H groups in total. The lowest BCUT2D eigenvalue weighted by molar-refractivity contribution is -0.137. The molecule has 1 aromatic carbocycles. The van der Waals surface area contributed by atoms with Crippen LogP contribution in [0.15, 0.2) is 24.4 Å². The van der Waals surface area contributed by atoms with Gasteiger partial charge in [-0.15, -0.1) is 0 Å². The number of hydrogen-bond donors (Lipinski definition) is 4. The fourth-order valence-corrected chi connectivity index (χ4v) is 3.45. The second-order valence-electron chi connectivity index (χ2n) is 7.76. The van der Waals surface area contributed by atoms with Gasteiger partial charge in [-0.05, 0) is 51.2 Å². The first-order valence-corrected chi connectivity index (χ1v) is 10.5. The molecule has 1 saturated heterocycles. The van der Waals surface area contributed by atoms with Crippen LogP contribution in [0.5, 0.6) is 5.75 Å². The maximum absolute atomic E-state index is 13.2. The normalized spacial score (nSPS) is 15.2. The van der Waals surface area contributed by atoms with Gasteiger partial charge < -0.3 is 31.3 Å². The minimum Gasteiger partial charge on any atom is -0.495 e. The third kappa shape index (κ3) is 6.45. The molecular weight excluding hydrogens is 439 g/mol. The Morgan fingerprint density at radius 2 is 2.03 bits per heavy atom. The standard InChI is InChI=1S/C21H28F3N7O2/c1-31-9-5-14(6-10-31)28-19(32)13-3-4-16(17(11-13)33-2)29-20-27-12-15(21(22,23)24)18(30-20)26-8-7-25/h3-4,11-12,14H,5-10,25H2,1-2H3,(H,28,32)(H2,26,27,29,30). The minimum absolute atomic E-state index is 0.0654. The van der Waals surface area contributed by atoms with Gasteiger partial charge in [-0.1, -0.05) is 0 Å². The molecule has 3 rings (SSSR count). The summed E-state index contributed by atoms with van der Waals surface area (Å²) in [6.07, 6.45) is -2.16. The van der Waals surface area contributed by atoms with E-state index in [4.69, 9.17) is 10.5 Å². The zero-order valence-electron chi connectivity index (χ0n) is 18.5. The lowest BCUT2D eigenvalue weighted by atomic mass is 10.0. The number of piperidine rings is 1. The molecule has 0 bridgehead atoms. The van der Waals surface area contributed by atoms with Crippen molar-refractivity contribution in [3.63, 3.8) is 0 Å². The molecule has 2 aromatic rings. The van der Waals surface area contributed by atoms with Gasteiger partial charge in [0.25, 0.3) is 5.91 Å². The van der Waals surface area contributed by atoms with Gasteiger partial charge in [-0.3, -0.25) is 4.79 Å². The predicted octanol–water partition coefficient (Wildman–Crippen LogP) is 2.44. The van der Waals surface area contributed by atoms with Crippen molar-refractivity contribution in [2.75, 3.05) is 51.0 Å². The number of nitrogens with one attached hydrogen (secondary N) is 3. The molecule has 1 aliphatic rings. The van der Waals surface area contributed by atoms with Crippen molar-refractivity contribution in [2.24, 2.45) is 5.73 Å². The Morgan fingerprint density at radius 1 is 1.30 bits per heavy atom. The van der Waals surface area contributed by atoms with E-state index in [-0.39, 0.29) is 36.8 Å². The highest BCUT2D eigenvalue weighted by atomic mass is 19.4. The number of likely N-dealkylation sites (tertiary alicyclic amines) is 1. The number of carbonyl (C=O) groups excluding carboxylic acids is 1. The topological polar surface area (TPSA) is 117 Å². The summed E-state index contributed by atoms with van der Waals surface area (Å²) in [6.45, 7) is 2.10. The number of benzene rings is 1. The van der Waals surface area contributed by atoms with Crippen molar-refractivity contribution in [2.45, 2.75) is 25.1 Å². The van der Waals surface area contributed by atoms with E-state index in [1.54, 1.807) is 18.2 Å². The third-order valence-corrected chi connectivity index (χ3v) is 5.29. The number of halogens is 3. The van der Waals surface area contributed by atoms with Gasteiger partial charge in [0, 0.05) is 30.9 Å². The molecule has 1 amide bonds. The number of hydrogen-bond acceptors (Lipinski definition) is 8. The van der Waals surface area contributed by atoms with Crippen LogP contribution < -0.4 is 26.4 Å². The summed E-state index contributed by atoms with van der Waals surface area (Å²) in [5.41, 5.74) is 5.21. The Bertz CT molecular complexity index is 963. The average Bonchev–Trinajstić information content (AvgIpc) is 2.78. The zero-order chi connectivity index (χ0) is 24.0. The highest BCUT2D eigenvalue weighted by molar-refractivity contribution is 5.95. The second-order valence-corrected chi connectivity index (χ2v) is 7.76. The Balaban J connectivity index is 1.76. The summed E-state index contributed by atoms with van der Waals surface area (Å²) in [7, 11) is 3.48. The Morgan fingerprint density at radius 3 is 2.67 bits per heavy atom. The fraction of sp³-hybridized carbons (Fsp3) is 0.476. The van der Waals surface area contributed by atoms with Crippen LogP contribution in [0.2, 0.25) is 0 Å². The van der Waals surface area contributed by atoms with Gasteiger partial charge in [-0.2, -0.15) is 18.2 Å². The number of nitrogens with zero attached hydrogens (tertiary/aromatic N) is 3. The summed E-state index contributed by atoms with van der Waals surface area (Å²) < 4.78 is 45.1. The van der Waals surface area contributed by atoms with Gasteiger partial charge in [0.2, 0.25) is 5.95 Å². The molecule has 0 saturated carbocycles. The highest BCUT2D eigenvalue weighted by Crippen LogP contribution is 2.35. The van der Waals surface area contributed by atoms with Crippen LogP contribution in [-0.4, -0.2) is 67.2 Å². The summed E-state index contributed by atoms with van der Waals surface area (Å²) >= 11 is 0. The number of carbonyl (C=O) groups is 1. The van der Waals surface area contributed by atoms with Gasteiger partial charge in [0.15, 0.2) is 0 Å². The van der Waals surface area contributed by atoms with Crippen molar-refractivity contribution in [3.8, 4) is 5.75 Å². The van der Waals surface area contributed by atoms with Crippen LogP contribution in [-0.2, 0) is 6.18 Å². The van der Waals surface area contributed by atoms with E-state index in [1.807, 2.05) is 7.05 Å². The molecule has 1 aliphatic heterocycles. The molecule has 2 heterocycles. The predicted molar refractivity (Wildman–Crippen MR) is 119 cm³/mol. The van der Waals surface area contributed by atoms with Crippen molar-refractivity contribution in [3.05, 3.63) is 35.5 Å². The Hall–Kier alpha value is -3.12. The highest BCUT2D eigenvalue weighted by Gasteiger charge is 2.35. The van der Waals surface area contributed by atoms with E-state index in [1.165, 1.54) is 7.11 Å². The summed E-state index contributed by atoms with van der Waals surface area (Å²) in [5.74, 6) is -0.331. The molecule has 0 radical (unpaired) electrons. The number of methoxy groups -OCH3 is 1. The van der Waals surface area contributed by atoms with Crippen LogP contribution in [0.1, 0.15) is 28.8 Å². The van der Waals surface area contributed by atoms with E-state index in [0.717, 1.165) is 25.9 Å². The molecule has 0 spiro atoms. The number of amides is 1. The number of alkyl halides is 3. The number of anilines is 3. The number of nitrogens with two attached hydrogens (primary N) is 1.